The Morgan fingerprint density at radius 1 is 1.25 bits per heavy atom. The molecule has 1 aliphatic carbocycles. The fourth-order valence-corrected chi connectivity index (χ4v) is 5.23. The second-order valence-electron chi connectivity index (χ2n) is 9.37. The van der Waals surface area contributed by atoms with Gasteiger partial charge in [0.2, 0.25) is 5.91 Å². The SMILES string of the molecule is C=C1C=C(N2CC3(CCN(CC(O)c4ccc(-n5cnnn5)nc4C)CC3)CC2=O)CC1. The molecule has 4 heterocycles. The molecule has 0 saturated carbocycles. The van der Waals surface area contributed by atoms with Gasteiger partial charge in [-0.05, 0) is 73.7 Å². The van der Waals surface area contributed by atoms with Crippen LogP contribution in [0.15, 0.2) is 42.4 Å². The van der Waals surface area contributed by atoms with E-state index in [9.17, 15) is 9.90 Å². The maximum Gasteiger partial charge on any atom is 0.227 e. The predicted molar refractivity (Wildman–Crippen MR) is 118 cm³/mol. The van der Waals surface area contributed by atoms with Crippen LogP contribution in [0.3, 0.4) is 0 Å². The summed E-state index contributed by atoms with van der Waals surface area (Å²) in [5.74, 6) is 0.878. The van der Waals surface area contributed by atoms with Gasteiger partial charge in [0.05, 0.1) is 6.10 Å². The lowest BCUT2D eigenvalue weighted by Gasteiger charge is -2.39. The fourth-order valence-electron chi connectivity index (χ4n) is 5.23. The maximum atomic E-state index is 12.7. The summed E-state index contributed by atoms with van der Waals surface area (Å²) < 4.78 is 1.50. The molecule has 2 fully saturated rings. The Morgan fingerprint density at radius 2 is 2.06 bits per heavy atom. The minimum Gasteiger partial charge on any atom is -0.387 e. The summed E-state index contributed by atoms with van der Waals surface area (Å²) in [6.45, 7) is 9.08. The van der Waals surface area contributed by atoms with Gasteiger partial charge in [-0.2, -0.15) is 4.68 Å². The van der Waals surface area contributed by atoms with E-state index in [1.807, 2.05) is 24.0 Å². The molecule has 1 unspecified atom stereocenters. The summed E-state index contributed by atoms with van der Waals surface area (Å²) in [6, 6.07) is 3.71. The summed E-state index contributed by atoms with van der Waals surface area (Å²) >= 11 is 0. The number of tetrazole rings is 1. The number of aliphatic hydroxyl groups excluding tert-OH is 1. The third-order valence-electron chi connectivity index (χ3n) is 7.14. The zero-order valence-corrected chi connectivity index (χ0v) is 18.4. The minimum absolute atomic E-state index is 0.0637. The number of allylic oxidation sites excluding steroid dienone is 3. The van der Waals surface area contributed by atoms with Gasteiger partial charge in [0.1, 0.15) is 6.33 Å². The van der Waals surface area contributed by atoms with Crippen LogP contribution < -0.4 is 0 Å². The molecule has 3 aliphatic rings. The Balaban J connectivity index is 1.19. The van der Waals surface area contributed by atoms with Gasteiger partial charge in [0.25, 0.3) is 0 Å². The molecule has 9 heteroatoms. The first-order valence-corrected chi connectivity index (χ1v) is 11.2. The number of β-amino-alcohol motifs (C(OH)–C–C–N with tert-alkyl or cyclic N) is 1. The van der Waals surface area contributed by atoms with E-state index in [2.05, 4.69) is 38.1 Å². The molecule has 1 amide bonds. The number of likely N-dealkylation sites (tertiary alicyclic amines) is 2. The molecule has 1 spiro atoms. The van der Waals surface area contributed by atoms with E-state index < -0.39 is 6.10 Å². The highest BCUT2D eigenvalue weighted by Gasteiger charge is 2.46. The number of carbonyl (C=O) groups excluding carboxylic acids is 1. The van der Waals surface area contributed by atoms with Crippen LogP contribution in [0.2, 0.25) is 0 Å². The second-order valence-corrected chi connectivity index (χ2v) is 9.37. The summed E-state index contributed by atoms with van der Waals surface area (Å²) in [6.07, 6.45) is 7.45. The summed E-state index contributed by atoms with van der Waals surface area (Å²) in [5.41, 5.74) is 3.91. The molecule has 2 aromatic rings. The van der Waals surface area contributed by atoms with Crippen molar-refractivity contribution < 1.29 is 9.90 Å². The van der Waals surface area contributed by atoms with Crippen molar-refractivity contribution in [2.75, 3.05) is 26.2 Å². The highest BCUT2D eigenvalue weighted by molar-refractivity contribution is 5.81. The number of carbonyl (C=O) groups is 1. The number of rotatable bonds is 5. The van der Waals surface area contributed by atoms with E-state index in [1.165, 1.54) is 11.0 Å². The normalized spacial score (nSPS) is 22.1. The van der Waals surface area contributed by atoms with Crippen molar-refractivity contribution in [1.82, 2.24) is 35.0 Å². The molecule has 2 aliphatic heterocycles. The standard InChI is InChI=1S/C23H29N7O2/c1-16-3-4-18(11-16)29-14-23(12-22(29)32)7-9-28(10-8-23)13-20(31)19-5-6-21(25-17(19)2)30-15-24-26-27-30/h5-6,11,15,20,31H,1,3-4,7-10,12-14H2,2H3. The first kappa shape index (κ1) is 21.0. The Morgan fingerprint density at radius 3 is 2.72 bits per heavy atom. The van der Waals surface area contributed by atoms with E-state index in [0.29, 0.717) is 18.8 Å². The van der Waals surface area contributed by atoms with Crippen molar-refractivity contribution in [3.8, 4) is 5.82 Å². The largest absolute Gasteiger partial charge is 0.387 e. The molecular formula is C23H29N7O2. The number of aryl methyl sites for hydroxylation is 1. The molecule has 32 heavy (non-hydrogen) atoms. The molecule has 0 radical (unpaired) electrons. The maximum absolute atomic E-state index is 12.7. The Labute approximate surface area is 187 Å². The zero-order chi connectivity index (χ0) is 22.3. The van der Waals surface area contributed by atoms with Crippen LogP contribution in [0.25, 0.3) is 5.82 Å². The van der Waals surface area contributed by atoms with E-state index in [4.69, 9.17) is 0 Å². The van der Waals surface area contributed by atoms with Gasteiger partial charge in [-0.1, -0.05) is 18.2 Å². The highest BCUT2D eigenvalue weighted by atomic mass is 16.3. The zero-order valence-electron chi connectivity index (χ0n) is 18.4. The highest BCUT2D eigenvalue weighted by Crippen LogP contribution is 2.44. The molecule has 1 atom stereocenters. The first-order chi connectivity index (χ1) is 15.4. The van der Waals surface area contributed by atoms with E-state index >= 15 is 0 Å². The molecule has 9 nitrogen and oxygen atoms in total. The van der Waals surface area contributed by atoms with Crippen molar-refractivity contribution in [1.29, 1.82) is 0 Å². The lowest BCUT2D eigenvalue weighted by molar-refractivity contribution is -0.126. The monoisotopic (exact) mass is 435 g/mol. The number of pyridine rings is 1. The van der Waals surface area contributed by atoms with Crippen LogP contribution in [0.1, 0.15) is 49.5 Å². The van der Waals surface area contributed by atoms with Crippen molar-refractivity contribution in [3.05, 3.63) is 53.6 Å². The molecule has 2 saturated heterocycles. The van der Waals surface area contributed by atoms with Crippen LogP contribution in [-0.2, 0) is 4.79 Å². The average Bonchev–Trinajstić information content (AvgIpc) is 3.51. The van der Waals surface area contributed by atoms with Gasteiger partial charge < -0.3 is 14.9 Å². The van der Waals surface area contributed by atoms with Crippen LogP contribution in [0.4, 0.5) is 0 Å². The minimum atomic E-state index is -0.615. The molecule has 0 aromatic carbocycles. The Kier molecular flexibility index (Phi) is 5.38. The smallest absolute Gasteiger partial charge is 0.227 e. The van der Waals surface area contributed by atoms with Crippen molar-refractivity contribution in [2.45, 2.75) is 45.1 Å². The third-order valence-corrected chi connectivity index (χ3v) is 7.14. The first-order valence-electron chi connectivity index (χ1n) is 11.2. The molecule has 5 rings (SSSR count). The summed E-state index contributed by atoms with van der Waals surface area (Å²) in [7, 11) is 0. The molecular weight excluding hydrogens is 406 g/mol. The summed E-state index contributed by atoms with van der Waals surface area (Å²) in [5, 5.41) is 22.0. The van der Waals surface area contributed by atoms with Gasteiger partial charge in [0, 0.05) is 36.5 Å². The number of aliphatic hydroxyl groups is 1. The molecule has 168 valence electrons. The lowest BCUT2D eigenvalue weighted by atomic mass is 9.77. The van der Waals surface area contributed by atoms with Crippen molar-refractivity contribution >= 4 is 5.91 Å². The van der Waals surface area contributed by atoms with E-state index in [-0.39, 0.29) is 11.3 Å². The Hall–Kier alpha value is -2.91. The van der Waals surface area contributed by atoms with Gasteiger partial charge in [-0.15, -0.1) is 5.10 Å². The number of nitrogens with zero attached hydrogens (tertiary/aromatic N) is 7. The number of piperidine rings is 1. The number of amides is 1. The van der Waals surface area contributed by atoms with Crippen molar-refractivity contribution in [2.24, 2.45) is 5.41 Å². The molecule has 2 aromatic heterocycles. The number of hydrogen-bond acceptors (Lipinski definition) is 7. The van der Waals surface area contributed by atoms with Gasteiger partial charge >= 0.3 is 0 Å². The average molecular weight is 436 g/mol. The van der Waals surface area contributed by atoms with Gasteiger partial charge in [0.15, 0.2) is 5.82 Å². The molecule has 0 bridgehead atoms. The quantitative estimate of drug-likeness (QED) is 0.766. The van der Waals surface area contributed by atoms with Crippen LogP contribution >= 0.6 is 0 Å². The van der Waals surface area contributed by atoms with Crippen LogP contribution in [-0.4, -0.2) is 72.2 Å². The molecule has 1 N–H and O–H groups in total. The lowest BCUT2D eigenvalue weighted by Crippen LogP contribution is -2.43. The van der Waals surface area contributed by atoms with Crippen molar-refractivity contribution in [3.63, 3.8) is 0 Å². The predicted octanol–water partition coefficient (Wildman–Crippen LogP) is 1.95. The number of aromatic nitrogens is 5. The Bertz CT molecular complexity index is 1050. The number of hydrogen-bond donors (Lipinski definition) is 1. The van der Waals surface area contributed by atoms with Gasteiger partial charge in [-0.25, -0.2) is 4.98 Å². The topological polar surface area (TPSA) is 100 Å². The van der Waals surface area contributed by atoms with Gasteiger partial charge in [-0.3, -0.25) is 4.79 Å². The third kappa shape index (κ3) is 3.98. The van der Waals surface area contributed by atoms with Crippen LogP contribution in [0, 0.1) is 12.3 Å². The van der Waals surface area contributed by atoms with E-state index in [1.54, 1.807) is 0 Å². The summed E-state index contributed by atoms with van der Waals surface area (Å²) in [4.78, 5) is 21.6. The van der Waals surface area contributed by atoms with Crippen LogP contribution in [0.5, 0.6) is 0 Å². The fraction of sp³-hybridized carbons (Fsp3) is 0.522. The van der Waals surface area contributed by atoms with E-state index in [0.717, 1.165) is 67.8 Å². The second kappa shape index (κ2) is 8.22.